The lowest BCUT2D eigenvalue weighted by molar-refractivity contribution is 0.112. The third kappa shape index (κ3) is 3.25. The topological polar surface area (TPSA) is 77.2 Å². The van der Waals surface area contributed by atoms with E-state index in [1.165, 1.54) is 0 Å². The average molecular weight is 281 g/mol. The smallest absolute Gasteiger partial charge is 0.150 e. The quantitative estimate of drug-likeness (QED) is 0.846. The van der Waals surface area contributed by atoms with Gasteiger partial charge < -0.3 is 10.0 Å². The monoisotopic (exact) mass is 281 g/mol. The van der Waals surface area contributed by atoms with Gasteiger partial charge in [-0.05, 0) is 24.3 Å². The van der Waals surface area contributed by atoms with Gasteiger partial charge in [-0.3, -0.25) is 9.78 Å². The maximum atomic E-state index is 10.8. The van der Waals surface area contributed by atoms with Crippen LogP contribution in [0, 0.1) is 11.3 Å². The second-order valence-corrected chi connectivity index (χ2v) is 4.58. The zero-order chi connectivity index (χ0) is 15.2. The van der Waals surface area contributed by atoms with Crippen molar-refractivity contribution in [3.63, 3.8) is 0 Å². The van der Waals surface area contributed by atoms with E-state index >= 15 is 0 Å². The predicted octanol–water partition coefficient (Wildman–Crippen LogP) is 1.86. The molecule has 1 N–H and O–H groups in total. The molecule has 2 rings (SSSR count). The van der Waals surface area contributed by atoms with Crippen LogP contribution in [0.5, 0.6) is 0 Å². The molecule has 0 aliphatic rings. The van der Waals surface area contributed by atoms with Crippen LogP contribution in [-0.4, -0.2) is 36.6 Å². The zero-order valence-corrected chi connectivity index (χ0v) is 11.7. The molecule has 1 aromatic heterocycles. The van der Waals surface area contributed by atoms with Crippen LogP contribution in [-0.2, 0) is 0 Å². The normalized spacial score (nSPS) is 9.95. The average Bonchev–Trinajstić information content (AvgIpc) is 2.54. The van der Waals surface area contributed by atoms with E-state index in [9.17, 15) is 10.1 Å². The van der Waals surface area contributed by atoms with Crippen molar-refractivity contribution < 1.29 is 9.90 Å². The molecule has 0 radical (unpaired) electrons. The molecule has 21 heavy (non-hydrogen) atoms. The van der Waals surface area contributed by atoms with Gasteiger partial charge in [0, 0.05) is 30.9 Å². The fourth-order valence-corrected chi connectivity index (χ4v) is 2.07. The van der Waals surface area contributed by atoms with Crippen molar-refractivity contribution in [2.45, 2.75) is 0 Å². The minimum absolute atomic E-state index is 0.0199. The number of aldehydes is 1. The Morgan fingerprint density at radius 1 is 1.38 bits per heavy atom. The number of carbonyl (C=O) groups is 1. The van der Waals surface area contributed by atoms with Gasteiger partial charge in [0.1, 0.15) is 12.4 Å². The molecule has 0 atom stereocenters. The Labute approximate surface area is 123 Å². The fourth-order valence-electron chi connectivity index (χ4n) is 2.07. The molecule has 1 heterocycles. The summed E-state index contributed by atoms with van der Waals surface area (Å²) in [7, 11) is 1.82. The van der Waals surface area contributed by atoms with E-state index in [2.05, 4.69) is 11.1 Å². The number of pyridine rings is 1. The number of aliphatic hydroxyl groups is 1. The molecule has 5 heteroatoms. The number of aliphatic hydroxyl groups excluding tert-OH is 1. The number of rotatable bonds is 5. The number of carbonyl (C=O) groups excluding carboxylic acids is 1. The second-order valence-electron chi connectivity index (χ2n) is 4.58. The van der Waals surface area contributed by atoms with Crippen LogP contribution in [0.3, 0.4) is 0 Å². The first-order chi connectivity index (χ1) is 10.2. The number of hydrogen-bond donors (Lipinski definition) is 1. The van der Waals surface area contributed by atoms with Gasteiger partial charge in [-0.25, -0.2) is 0 Å². The molecule has 0 aliphatic carbocycles. The lowest BCUT2D eigenvalue weighted by Gasteiger charge is -2.19. The summed E-state index contributed by atoms with van der Waals surface area (Å²) in [5.74, 6) is 0. The Hall–Kier alpha value is -2.71. The molecule has 0 amide bonds. The number of nitrogens with zero attached hydrogens (tertiary/aromatic N) is 3. The largest absolute Gasteiger partial charge is 0.395 e. The van der Waals surface area contributed by atoms with Gasteiger partial charge in [-0.2, -0.15) is 5.26 Å². The molecular weight excluding hydrogens is 266 g/mol. The second kappa shape index (κ2) is 6.64. The van der Waals surface area contributed by atoms with Crippen LogP contribution in [0.2, 0.25) is 0 Å². The van der Waals surface area contributed by atoms with Gasteiger partial charge in [0.15, 0.2) is 0 Å². The third-order valence-electron chi connectivity index (χ3n) is 3.18. The Morgan fingerprint density at radius 3 is 2.86 bits per heavy atom. The van der Waals surface area contributed by atoms with Crippen molar-refractivity contribution in [1.82, 2.24) is 4.98 Å². The summed E-state index contributed by atoms with van der Waals surface area (Å²) in [6, 6.07) is 10.9. The summed E-state index contributed by atoms with van der Waals surface area (Å²) in [5.41, 5.74) is 3.22. The molecule has 2 aromatic rings. The van der Waals surface area contributed by atoms with Gasteiger partial charge in [-0.15, -0.1) is 0 Å². The van der Waals surface area contributed by atoms with E-state index in [0.29, 0.717) is 23.4 Å². The van der Waals surface area contributed by atoms with Crippen molar-refractivity contribution in [3.8, 4) is 17.3 Å². The highest BCUT2D eigenvalue weighted by atomic mass is 16.3. The molecule has 1 aromatic carbocycles. The van der Waals surface area contributed by atoms with Crippen LogP contribution >= 0.6 is 0 Å². The number of benzene rings is 1. The SMILES string of the molecule is CN(CCO)c1ccc(-c2cc(C=O)ccn2)cc1C#N. The minimum atomic E-state index is 0.0199. The lowest BCUT2D eigenvalue weighted by Crippen LogP contribution is -2.22. The van der Waals surface area contributed by atoms with Gasteiger partial charge in [0.05, 0.1) is 23.6 Å². The highest BCUT2D eigenvalue weighted by Crippen LogP contribution is 2.25. The highest BCUT2D eigenvalue weighted by molar-refractivity contribution is 5.78. The standard InChI is InChI=1S/C16H15N3O2/c1-19(6-7-20)16-3-2-13(9-14(16)10-17)15-8-12(11-21)4-5-18-15/h2-5,8-9,11,20H,6-7H2,1H3. The maximum Gasteiger partial charge on any atom is 0.150 e. The van der Waals surface area contributed by atoms with E-state index in [-0.39, 0.29) is 6.61 Å². The van der Waals surface area contributed by atoms with Crippen LogP contribution in [0.25, 0.3) is 11.3 Å². The van der Waals surface area contributed by atoms with Crippen molar-refractivity contribution in [1.29, 1.82) is 5.26 Å². The van der Waals surface area contributed by atoms with E-state index in [1.54, 1.807) is 24.4 Å². The van der Waals surface area contributed by atoms with Crippen LogP contribution < -0.4 is 4.90 Å². The summed E-state index contributed by atoms with van der Waals surface area (Å²) in [4.78, 5) is 16.9. The summed E-state index contributed by atoms with van der Waals surface area (Å²) < 4.78 is 0. The Kier molecular flexibility index (Phi) is 4.64. The Bertz CT molecular complexity index is 692. The first-order valence-electron chi connectivity index (χ1n) is 6.47. The van der Waals surface area contributed by atoms with Crippen molar-refractivity contribution >= 4 is 12.0 Å². The molecule has 0 saturated carbocycles. The van der Waals surface area contributed by atoms with E-state index in [4.69, 9.17) is 5.11 Å². The third-order valence-corrected chi connectivity index (χ3v) is 3.18. The molecule has 0 spiro atoms. The molecule has 5 nitrogen and oxygen atoms in total. The lowest BCUT2D eigenvalue weighted by atomic mass is 10.0. The maximum absolute atomic E-state index is 10.8. The summed E-state index contributed by atoms with van der Waals surface area (Å²) in [6.45, 7) is 0.471. The van der Waals surface area contributed by atoms with E-state index in [1.807, 2.05) is 24.1 Å². The van der Waals surface area contributed by atoms with Gasteiger partial charge in [-0.1, -0.05) is 6.07 Å². The summed E-state index contributed by atoms with van der Waals surface area (Å²) >= 11 is 0. The van der Waals surface area contributed by atoms with E-state index < -0.39 is 0 Å². The molecule has 0 saturated heterocycles. The number of nitriles is 1. The van der Waals surface area contributed by atoms with Crippen LogP contribution in [0.15, 0.2) is 36.5 Å². The zero-order valence-electron chi connectivity index (χ0n) is 11.7. The Balaban J connectivity index is 2.43. The Morgan fingerprint density at radius 2 is 2.19 bits per heavy atom. The van der Waals surface area contributed by atoms with Crippen LogP contribution in [0.1, 0.15) is 15.9 Å². The summed E-state index contributed by atoms with van der Waals surface area (Å²) in [5, 5.41) is 18.3. The summed E-state index contributed by atoms with van der Waals surface area (Å²) in [6.07, 6.45) is 2.33. The number of hydrogen-bond acceptors (Lipinski definition) is 5. The van der Waals surface area contributed by atoms with Crippen molar-refractivity contribution in [2.24, 2.45) is 0 Å². The molecule has 0 aliphatic heterocycles. The molecular formula is C16H15N3O2. The predicted molar refractivity (Wildman–Crippen MR) is 80.1 cm³/mol. The first kappa shape index (κ1) is 14.7. The van der Waals surface area contributed by atoms with Gasteiger partial charge >= 0.3 is 0 Å². The molecule has 0 bridgehead atoms. The van der Waals surface area contributed by atoms with Crippen molar-refractivity contribution in [3.05, 3.63) is 47.7 Å². The first-order valence-corrected chi connectivity index (χ1v) is 6.47. The van der Waals surface area contributed by atoms with Crippen LogP contribution in [0.4, 0.5) is 5.69 Å². The highest BCUT2D eigenvalue weighted by Gasteiger charge is 2.10. The molecule has 106 valence electrons. The molecule has 0 unspecified atom stereocenters. The van der Waals surface area contributed by atoms with Gasteiger partial charge in [0.2, 0.25) is 0 Å². The minimum Gasteiger partial charge on any atom is -0.395 e. The van der Waals surface area contributed by atoms with Gasteiger partial charge in [0.25, 0.3) is 0 Å². The number of aromatic nitrogens is 1. The number of likely N-dealkylation sites (N-methyl/N-ethyl adjacent to an activating group) is 1. The number of anilines is 1. The fraction of sp³-hybridized carbons (Fsp3) is 0.188. The van der Waals surface area contributed by atoms with E-state index in [0.717, 1.165) is 17.5 Å². The molecule has 0 fully saturated rings. The van der Waals surface area contributed by atoms with Crippen molar-refractivity contribution in [2.75, 3.05) is 25.1 Å².